The number of hydrogen-bond donors (Lipinski definition) is 1. The van der Waals surface area contributed by atoms with Crippen molar-refractivity contribution in [2.24, 2.45) is 0 Å². The number of para-hydroxylation sites is 2. The highest BCUT2D eigenvalue weighted by Gasteiger charge is 2.43. The Labute approximate surface area is 159 Å². The summed E-state index contributed by atoms with van der Waals surface area (Å²) in [5.74, 6) is 0.0405. The molecule has 1 aromatic rings. The molecule has 1 aromatic carbocycles. The molecule has 2 fully saturated rings. The van der Waals surface area contributed by atoms with Gasteiger partial charge in [-0.1, -0.05) is 12.1 Å². The van der Waals surface area contributed by atoms with Crippen LogP contribution in [0.15, 0.2) is 24.3 Å². The maximum Gasteiger partial charge on any atom is 0.292 e. The lowest BCUT2D eigenvalue weighted by Gasteiger charge is -2.42. The minimum atomic E-state index is -0.730. The highest BCUT2D eigenvalue weighted by molar-refractivity contribution is 5.86. The van der Waals surface area contributed by atoms with Gasteiger partial charge >= 0.3 is 0 Å². The van der Waals surface area contributed by atoms with Gasteiger partial charge in [0, 0.05) is 39.4 Å². The van der Waals surface area contributed by atoms with E-state index in [0.29, 0.717) is 44.7 Å². The monoisotopic (exact) mass is 384 g/mol. The first-order valence-electron chi connectivity index (χ1n) is 8.61. The van der Waals surface area contributed by atoms with Crippen molar-refractivity contribution in [3.05, 3.63) is 34.4 Å². The van der Waals surface area contributed by atoms with Crippen LogP contribution in [0.4, 0.5) is 11.4 Å². The Bertz CT molecular complexity index is 643. The number of benzene rings is 1. The zero-order valence-electron chi connectivity index (χ0n) is 14.8. The number of hydrogen-bond acceptors (Lipinski definition) is 6. The summed E-state index contributed by atoms with van der Waals surface area (Å²) in [7, 11) is 1.60. The number of nitro groups is 1. The molecule has 2 saturated heterocycles. The van der Waals surface area contributed by atoms with E-state index in [1.807, 2.05) is 9.80 Å². The molecule has 1 amide bonds. The Hall–Kier alpha value is -1.90. The van der Waals surface area contributed by atoms with Crippen LogP contribution in [0.2, 0.25) is 0 Å². The third-order valence-electron chi connectivity index (χ3n) is 5.18. The van der Waals surface area contributed by atoms with Crippen LogP contribution in [-0.2, 0) is 9.53 Å². The largest absolute Gasteiger partial charge is 0.368 e. The molecule has 0 atom stereocenters. The Morgan fingerprint density at radius 2 is 1.81 bits per heavy atom. The van der Waals surface area contributed by atoms with Crippen LogP contribution in [0.5, 0.6) is 0 Å². The van der Waals surface area contributed by atoms with Gasteiger partial charge in [0.05, 0.1) is 4.92 Å². The van der Waals surface area contributed by atoms with E-state index >= 15 is 0 Å². The predicted molar refractivity (Wildman–Crippen MR) is 101 cm³/mol. The van der Waals surface area contributed by atoms with Gasteiger partial charge in [-0.2, -0.15) is 0 Å². The maximum atomic E-state index is 13.0. The van der Waals surface area contributed by atoms with E-state index in [-0.39, 0.29) is 28.9 Å². The highest BCUT2D eigenvalue weighted by Crippen LogP contribution is 2.30. The normalized spacial score (nSPS) is 19.6. The minimum Gasteiger partial charge on any atom is -0.368 e. The smallest absolute Gasteiger partial charge is 0.292 e. The summed E-state index contributed by atoms with van der Waals surface area (Å²) >= 11 is 0. The van der Waals surface area contributed by atoms with Crippen LogP contribution in [0.25, 0.3) is 0 Å². The van der Waals surface area contributed by atoms with Gasteiger partial charge in [0.15, 0.2) is 0 Å². The van der Waals surface area contributed by atoms with E-state index < -0.39 is 5.60 Å². The SMILES string of the molecule is COC1(C(=O)N2CCN(c3ccccc3[N+](=O)[O-])CC2)CCNCC1.Cl. The lowest BCUT2D eigenvalue weighted by molar-refractivity contribution is -0.384. The average Bonchev–Trinajstić information content (AvgIpc) is 2.68. The van der Waals surface area contributed by atoms with Crippen LogP contribution in [0.1, 0.15) is 12.8 Å². The summed E-state index contributed by atoms with van der Waals surface area (Å²) in [6.45, 7) is 3.79. The number of carbonyl (C=O) groups is 1. The van der Waals surface area contributed by atoms with E-state index in [4.69, 9.17) is 4.74 Å². The van der Waals surface area contributed by atoms with E-state index in [2.05, 4.69) is 5.32 Å². The van der Waals surface area contributed by atoms with Crippen LogP contribution in [0.3, 0.4) is 0 Å². The maximum absolute atomic E-state index is 13.0. The Morgan fingerprint density at radius 3 is 2.38 bits per heavy atom. The van der Waals surface area contributed by atoms with Gasteiger partial charge in [0.1, 0.15) is 11.3 Å². The van der Waals surface area contributed by atoms with Crippen LogP contribution < -0.4 is 10.2 Å². The highest BCUT2D eigenvalue weighted by atomic mass is 35.5. The molecule has 144 valence electrons. The average molecular weight is 385 g/mol. The molecule has 0 aliphatic carbocycles. The van der Waals surface area contributed by atoms with E-state index in [9.17, 15) is 14.9 Å². The molecule has 8 nitrogen and oxygen atoms in total. The van der Waals surface area contributed by atoms with Crippen molar-refractivity contribution in [2.75, 3.05) is 51.3 Å². The number of piperazine rings is 1. The number of rotatable bonds is 4. The van der Waals surface area contributed by atoms with Gasteiger partial charge in [0.25, 0.3) is 11.6 Å². The lowest BCUT2D eigenvalue weighted by atomic mass is 9.90. The van der Waals surface area contributed by atoms with Crippen molar-refractivity contribution >= 4 is 29.7 Å². The second-order valence-corrected chi connectivity index (χ2v) is 6.47. The van der Waals surface area contributed by atoms with E-state index in [0.717, 1.165) is 13.1 Å². The Kier molecular flexibility index (Phi) is 6.80. The van der Waals surface area contributed by atoms with Crippen LogP contribution in [0, 0.1) is 10.1 Å². The molecule has 0 radical (unpaired) electrons. The Morgan fingerprint density at radius 1 is 1.19 bits per heavy atom. The molecule has 2 aliphatic rings. The summed E-state index contributed by atoms with van der Waals surface area (Å²) < 4.78 is 5.62. The summed E-state index contributed by atoms with van der Waals surface area (Å²) in [6.07, 6.45) is 1.35. The van der Waals surface area contributed by atoms with Crippen molar-refractivity contribution in [3.63, 3.8) is 0 Å². The number of nitrogens with one attached hydrogen (secondary N) is 1. The van der Waals surface area contributed by atoms with Gasteiger partial charge in [-0.15, -0.1) is 12.4 Å². The number of nitro benzene ring substituents is 1. The summed E-state index contributed by atoms with van der Waals surface area (Å²) in [4.78, 5) is 27.6. The Balaban J connectivity index is 0.00000243. The second-order valence-electron chi connectivity index (χ2n) is 6.47. The standard InChI is InChI=1S/C17H24N4O4.ClH/c1-25-17(6-8-18-9-7-17)16(22)20-12-10-19(11-13-20)14-4-2-3-5-15(14)21(23)24;/h2-5,18H,6-13H2,1H3;1H. The van der Waals surface area contributed by atoms with Gasteiger partial charge in [-0.25, -0.2) is 0 Å². The molecule has 3 rings (SSSR count). The molecule has 0 unspecified atom stereocenters. The number of anilines is 1. The fourth-order valence-corrected chi connectivity index (χ4v) is 3.66. The van der Waals surface area contributed by atoms with Crippen LogP contribution >= 0.6 is 12.4 Å². The first-order valence-corrected chi connectivity index (χ1v) is 8.61. The number of piperidine rings is 1. The third kappa shape index (κ3) is 3.92. The molecule has 0 bridgehead atoms. The van der Waals surface area contributed by atoms with Crippen molar-refractivity contribution in [3.8, 4) is 0 Å². The third-order valence-corrected chi connectivity index (χ3v) is 5.18. The van der Waals surface area contributed by atoms with Crippen molar-refractivity contribution in [1.82, 2.24) is 10.2 Å². The fraction of sp³-hybridized carbons (Fsp3) is 0.588. The summed E-state index contributed by atoms with van der Waals surface area (Å²) in [5.41, 5.74) is -0.0106. The van der Waals surface area contributed by atoms with Gasteiger partial charge in [0.2, 0.25) is 0 Å². The van der Waals surface area contributed by atoms with Crippen molar-refractivity contribution in [1.29, 1.82) is 0 Å². The first kappa shape index (κ1) is 20.4. The molecule has 26 heavy (non-hydrogen) atoms. The lowest BCUT2D eigenvalue weighted by Crippen LogP contribution is -2.59. The minimum absolute atomic E-state index is 0. The van der Waals surface area contributed by atoms with E-state index in [1.54, 1.807) is 25.3 Å². The van der Waals surface area contributed by atoms with Gasteiger partial charge in [-0.05, 0) is 32.0 Å². The summed E-state index contributed by atoms with van der Waals surface area (Å²) in [5, 5.41) is 14.5. The summed E-state index contributed by atoms with van der Waals surface area (Å²) in [6, 6.07) is 6.75. The number of halogens is 1. The molecule has 0 spiro atoms. The molecule has 2 heterocycles. The van der Waals surface area contributed by atoms with Gasteiger partial charge in [-0.3, -0.25) is 14.9 Å². The van der Waals surface area contributed by atoms with Crippen molar-refractivity contribution in [2.45, 2.75) is 18.4 Å². The predicted octanol–water partition coefficient (Wildman–Crippen LogP) is 1.43. The first-order chi connectivity index (χ1) is 12.1. The topological polar surface area (TPSA) is 88.0 Å². The quantitative estimate of drug-likeness (QED) is 0.624. The number of carbonyl (C=O) groups excluding carboxylic acids is 1. The zero-order valence-corrected chi connectivity index (χ0v) is 15.7. The number of amides is 1. The van der Waals surface area contributed by atoms with Crippen molar-refractivity contribution < 1.29 is 14.5 Å². The molecule has 0 aromatic heterocycles. The zero-order chi connectivity index (χ0) is 17.9. The number of methoxy groups -OCH3 is 1. The van der Waals surface area contributed by atoms with Crippen LogP contribution in [-0.4, -0.2) is 67.7 Å². The number of ether oxygens (including phenoxy) is 1. The molecule has 1 N–H and O–H groups in total. The van der Waals surface area contributed by atoms with E-state index in [1.165, 1.54) is 6.07 Å². The molecular weight excluding hydrogens is 360 g/mol. The number of nitrogens with zero attached hydrogens (tertiary/aromatic N) is 3. The second kappa shape index (κ2) is 8.66. The molecular formula is C17H25ClN4O4. The van der Waals surface area contributed by atoms with Gasteiger partial charge < -0.3 is 19.9 Å². The molecule has 2 aliphatic heterocycles. The fourth-order valence-electron chi connectivity index (χ4n) is 3.66. The molecule has 0 saturated carbocycles. The molecule has 9 heteroatoms.